The summed E-state index contributed by atoms with van der Waals surface area (Å²) in [6, 6.07) is 12.7. The van der Waals surface area contributed by atoms with Gasteiger partial charge in [-0.2, -0.15) is 4.99 Å². The van der Waals surface area contributed by atoms with Crippen LogP contribution in [0.15, 0.2) is 52.4 Å². The molecule has 0 bridgehead atoms. The molecule has 2 heterocycles. The Morgan fingerprint density at radius 3 is 2.41 bits per heavy atom. The van der Waals surface area contributed by atoms with Gasteiger partial charge in [-0.15, -0.1) is 12.4 Å². The van der Waals surface area contributed by atoms with Crippen LogP contribution in [0.5, 0.6) is 0 Å². The minimum absolute atomic E-state index is 0. The van der Waals surface area contributed by atoms with Gasteiger partial charge in [0.2, 0.25) is 18.2 Å². The molecule has 0 aliphatic carbocycles. The van der Waals surface area contributed by atoms with Gasteiger partial charge in [0.05, 0.1) is 5.69 Å². The first-order valence-corrected chi connectivity index (χ1v) is 9.56. The highest BCUT2D eigenvalue weighted by Gasteiger charge is 2.32. The van der Waals surface area contributed by atoms with Crippen molar-refractivity contribution < 1.29 is 4.39 Å². The van der Waals surface area contributed by atoms with Gasteiger partial charge >= 0.3 is 0 Å². The van der Waals surface area contributed by atoms with Gasteiger partial charge in [0.1, 0.15) is 5.82 Å². The van der Waals surface area contributed by atoms with Crippen LogP contribution in [0.3, 0.4) is 0 Å². The largest absolute Gasteiger partial charge is 0.368 e. The molecule has 3 N–H and O–H groups in total. The summed E-state index contributed by atoms with van der Waals surface area (Å²) >= 11 is 0. The molecule has 1 fully saturated rings. The van der Waals surface area contributed by atoms with E-state index in [4.69, 9.17) is 5.73 Å². The molecule has 2 aliphatic heterocycles. The zero-order valence-electron chi connectivity index (χ0n) is 16.6. The van der Waals surface area contributed by atoms with Crippen LogP contribution in [0.25, 0.3) is 0 Å². The van der Waals surface area contributed by atoms with E-state index in [1.807, 2.05) is 11.0 Å². The number of hydrogen-bond acceptors (Lipinski definition) is 6. The van der Waals surface area contributed by atoms with Crippen LogP contribution in [0.1, 0.15) is 24.0 Å². The van der Waals surface area contributed by atoms with Crippen LogP contribution >= 0.6 is 12.4 Å². The fraction of sp³-hybridized carbons (Fsp3) is 0.333. The minimum Gasteiger partial charge on any atom is -0.368 e. The lowest BCUT2D eigenvalue weighted by atomic mass is 10.1. The number of halogens is 2. The molecule has 1 unspecified atom stereocenters. The van der Waals surface area contributed by atoms with Crippen LogP contribution < -0.4 is 16.0 Å². The van der Waals surface area contributed by atoms with E-state index in [1.165, 1.54) is 12.1 Å². The van der Waals surface area contributed by atoms with Crippen molar-refractivity contribution in [3.63, 3.8) is 0 Å². The number of benzene rings is 2. The molecule has 1 atom stereocenters. The molecule has 154 valence electrons. The number of aryl methyl sites for hydroxylation is 2. The Labute approximate surface area is 176 Å². The maximum Gasteiger partial charge on any atom is 0.222 e. The summed E-state index contributed by atoms with van der Waals surface area (Å²) in [5, 5.41) is 3.44. The normalized spacial score (nSPS) is 18.8. The molecule has 0 spiro atoms. The second-order valence-corrected chi connectivity index (χ2v) is 7.34. The van der Waals surface area contributed by atoms with Crippen molar-refractivity contribution in [2.24, 2.45) is 15.7 Å². The highest BCUT2D eigenvalue weighted by Crippen LogP contribution is 2.26. The smallest absolute Gasteiger partial charge is 0.222 e. The number of rotatable bonds is 3. The van der Waals surface area contributed by atoms with E-state index in [0.29, 0.717) is 11.6 Å². The van der Waals surface area contributed by atoms with Crippen molar-refractivity contribution in [3.05, 3.63) is 59.4 Å². The Morgan fingerprint density at radius 2 is 1.76 bits per heavy atom. The highest BCUT2D eigenvalue weighted by molar-refractivity contribution is 6.06. The Bertz CT molecular complexity index is 918. The molecule has 0 aromatic heterocycles. The first-order valence-electron chi connectivity index (χ1n) is 9.56. The van der Waals surface area contributed by atoms with Gasteiger partial charge in [0.15, 0.2) is 0 Å². The first-order chi connectivity index (χ1) is 13.5. The van der Waals surface area contributed by atoms with Crippen LogP contribution in [0.2, 0.25) is 0 Å². The summed E-state index contributed by atoms with van der Waals surface area (Å²) in [5.41, 5.74) is 9.99. The molecule has 6 nitrogen and oxygen atoms in total. The molecule has 1 saturated heterocycles. The Kier molecular flexibility index (Phi) is 6.27. The quantitative estimate of drug-likeness (QED) is 0.797. The van der Waals surface area contributed by atoms with Crippen molar-refractivity contribution in [1.82, 2.24) is 4.90 Å². The number of nitrogens with two attached hydrogens (primary N) is 1. The summed E-state index contributed by atoms with van der Waals surface area (Å²) in [7, 11) is 0. The lowest BCUT2D eigenvalue weighted by Crippen LogP contribution is -2.54. The standard InChI is InChI=1S/C21H25FN6.ClH/c1-14-10-15(2)12-17(11-14)24-20-25-19(23)26-21(27-8-3-4-9-27)28(20)18-7-5-6-16(22)13-18;/h5-7,10-13,20,24H,3-4,8-9H2,1-2H3,(H2,23,25);1H. The van der Waals surface area contributed by atoms with Crippen LogP contribution in [-0.4, -0.2) is 36.2 Å². The number of hydrogen-bond donors (Lipinski definition) is 2. The predicted molar refractivity (Wildman–Crippen MR) is 119 cm³/mol. The molecule has 0 saturated carbocycles. The topological polar surface area (TPSA) is 69.2 Å². The maximum absolute atomic E-state index is 14.0. The van der Waals surface area contributed by atoms with Gasteiger partial charge < -0.3 is 16.0 Å². The lowest BCUT2D eigenvalue weighted by Gasteiger charge is -2.38. The third kappa shape index (κ3) is 4.62. The van der Waals surface area contributed by atoms with Gasteiger partial charge in [-0.05, 0) is 68.1 Å². The van der Waals surface area contributed by atoms with Crippen molar-refractivity contribution >= 4 is 35.7 Å². The zero-order chi connectivity index (χ0) is 19.7. The fourth-order valence-electron chi connectivity index (χ4n) is 3.80. The third-order valence-electron chi connectivity index (χ3n) is 4.92. The molecular formula is C21H26ClFN6. The number of guanidine groups is 2. The van der Waals surface area contributed by atoms with Crippen molar-refractivity contribution in [2.75, 3.05) is 23.3 Å². The van der Waals surface area contributed by atoms with Crippen molar-refractivity contribution in [3.8, 4) is 0 Å². The number of aliphatic imine (C=N–C) groups is 2. The van der Waals surface area contributed by atoms with E-state index in [-0.39, 0.29) is 24.2 Å². The molecule has 2 aromatic carbocycles. The van der Waals surface area contributed by atoms with Gasteiger partial charge in [0, 0.05) is 18.8 Å². The average Bonchev–Trinajstić information content (AvgIpc) is 3.15. The Balaban J connectivity index is 0.00000240. The molecule has 2 aliphatic rings. The van der Waals surface area contributed by atoms with Gasteiger partial charge in [-0.25, -0.2) is 9.38 Å². The SMILES string of the molecule is Cc1cc(C)cc(NC2N=C(N)N=C(N3CCCC3)N2c2cccc(F)c2)c1.Cl. The number of nitrogens with zero attached hydrogens (tertiary/aromatic N) is 4. The Morgan fingerprint density at radius 1 is 1.07 bits per heavy atom. The lowest BCUT2D eigenvalue weighted by molar-refractivity contribution is 0.497. The molecule has 0 amide bonds. The van der Waals surface area contributed by atoms with Crippen LogP contribution in [0.4, 0.5) is 15.8 Å². The molecule has 2 aromatic rings. The number of likely N-dealkylation sites (tertiary alicyclic amines) is 1. The van der Waals surface area contributed by atoms with Crippen LogP contribution in [-0.2, 0) is 0 Å². The van der Waals surface area contributed by atoms with Gasteiger partial charge in [-0.3, -0.25) is 4.90 Å². The van der Waals surface area contributed by atoms with Gasteiger partial charge in [0.25, 0.3) is 0 Å². The predicted octanol–water partition coefficient (Wildman–Crippen LogP) is 3.85. The second kappa shape index (κ2) is 8.69. The molecule has 0 radical (unpaired) electrons. The maximum atomic E-state index is 14.0. The van der Waals surface area contributed by atoms with E-state index in [2.05, 4.69) is 52.2 Å². The minimum atomic E-state index is -0.518. The summed E-state index contributed by atoms with van der Waals surface area (Å²) in [4.78, 5) is 13.1. The van der Waals surface area contributed by atoms with E-state index in [1.54, 1.807) is 6.07 Å². The van der Waals surface area contributed by atoms with E-state index < -0.39 is 6.29 Å². The van der Waals surface area contributed by atoms with E-state index in [9.17, 15) is 4.39 Å². The van der Waals surface area contributed by atoms with E-state index >= 15 is 0 Å². The monoisotopic (exact) mass is 416 g/mol. The summed E-state index contributed by atoms with van der Waals surface area (Å²) < 4.78 is 14.0. The van der Waals surface area contributed by atoms with Crippen LogP contribution in [0, 0.1) is 19.7 Å². The zero-order valence-corrected chi connectivity index (χ0v) is 17.4. The average molecular weight is 417 g/mol. The summed E-state index contributed by atoms with van der Waals surface area (Å²) in [5.74, 6) is 0.625. The first kappa shape index (κ1) is 20.9. The highest BCUT2D eigenvalue weighted by atomic mass is 35.5. The molecule has 29 heavy (non-hydrogen) atoms. The molecule has 4 rings (SSSR count). The fourth-order valence-corrected chi connectivity index (χ4v) is 3.80. The van der Waals surface area contributed by atoms with Gasteiger partial charge in [-0.1, -0.05) is 12.1 Å². The summed E-state index contributed by atoms with van der Waals surface area (Å²) in [6.45, 7) is 5.90. The van der Waals surface area contributed by atoms with Crippen molar-refractivity contribution in [2.45, 2.75) is 33.0 Å². The molecular weight excluding hydrogens is 391 g/mol. The molecule has 8 heteroatoms. The summed E-state index contributed by atoms with van der Waals surface area (Å²) in [6.07, 6.45) is 1.68. The number of anilines is 2. The van der Waals surface area contributed by atoms with Crippen molar-refractivity contribution in [1.29, 1.82) is 0 Å². The third-order valence-corrected chi connectivity index (χ3v) is 4.92. The second-order valence-electron chi connectivity index (χ2n) is 7.34. The number of nitrogens with one attached hydrogen (secondary N) is 1. The Hall–Kier alpha value is -2.80. The van der Waals surface area contributed by atoms with E-state index in [0.717, 1.165) is 42.7 Å².